The van der Waals surface area contributed by atoms with Crippen LogP contribution in [0.15, 0.2) is 46.2 Å². The summed E-state index contributed by atoms with van der Waals surface area (Å²) in [7, 11) is -9.30. The fourth-order valence-electron chi connectivity index (χ4n) is 3.59. The fraction of sp³-hybridized carbons (Fsp3) is 0.400. The molecule has 0 bridgehead atoms. The molecule has 11 nitrogen and oxygen atoms in total. The van der Waals surface area contributed by atoms with Gasteiger partial charge in [-0.1, -0.05) is 0 Å². The topological polar surface area (TPSA) is 173 Å². The van der Waals surface area contributed by atoms with Gasteiger partial charge in [-0.3, -0.25) is 9.80 Å². The van der Waals surface area contributed by atoms with Gasteiger partial charge in [0.25, 0.3) is 0 Å². The van der Waals surface area contributed by atoms with Crippen molar-refractivity contribution in [1.29, 1.82) is 0 Å². The Morgan fingerprint density at radius 3 is 1.43 bits per heavy atom. The first kappa shape index (κ1) is 32.8. The number of phenols is 2. The summed E-state index contributed by atoms with van der Waals surface area (Å²) < 4.78 is 67.9. The van der Waals surface area contributed by atoms with E-state index >= 15 is 0 Å². The van der Waals surface area contributed by atoms with Gasteiger partial charge in [-0.05, 0) is 36.4 Å². The average Bonchev–Trinajstić information content (AvgIpc) is 2.82. The summed E-state index contributed by atoms with van der Waals surface area (Å²) >= 11 is 0. The summed E-state index contributed by atoms with van der Waals surface area (Å²) in [6, 6.07) is 6.82. The molecule has 0 radical (unpaired) electrons. The zero-order valence-corrected chi connectivity index (χ0v) is 25.3. The zero-order valence-electron chi connectivity index (χ0n) is 19.7. The third-order valence-corrected chi connectivity index (χ3v) is 7.07. The summed E-state index contributed by atoms with van der Waals surface area (Å²) in [4.78, 5) is 3.12. The zero-order chi connectivity index (χ0) is 24.2. The van der Waals surface area contributed by atoms with E-state index in [-0.39, 0.29) is 83.7 Å². The smallest absolute Gasteiger partial charge is 0.744 e. The molecular weight excluding hydrogens is 520 g/mol. The Kier molecular flexibility index (Phi) is 13.2. The van der Waals surface area contributed by atoms with E-state index in [1.165, 1.54) is 24.3 Å². The monoisotopic (exact) mass is 545 g/mol. The van der Waals surface area contributed by atoms with E-state index in [1.54, 1.807) is 0 Å². The first-order chi connectivity index (χ1) is 15.4. The number of nitrogens with one attached hydrogen (secondary N) is 1. The molecule has 3 rings (SSSR count). The molecule has 0 aliphatic carbocycles. The molecule has 0 saturated carbocycles. The van der Waals surface area contributed by atoms with Crippen molar-refractivity contribution in [2.24, 2.45) is 0 Å². The third kappa shape index (κ3) is 9.85. The number of benzene rings is 2. The van der Waals surface area contributed by atoms with Gasteiger partial charge >= 0.3 is 59.1 Å². The average molecular weight is 546 g/mol. The molecule has 182 valence electrons. The van der Waals surface area contributed by atoms with E-state index in [0.717, 1.165) is 12.1 Å². The molecule has 0 aromatic heterocycles. The van der Waals surface area contributed by atoms with Gasteiger partial charge in [0.2, 0.25) is 0 Å². The Morgan fingerprint density at radius 1 is 0.714 bits per heavy atom. The predicted molar refractivity (Wildman–Crippen MR) is 116 cm³/mol. The standard InChI is InChI=1S/C20H27N3O8S2.2Na/c24-19-3-1-17(32(26,27)28)11-15(19)13-22-7-5-21-6-8-23(10-9-22)14-16-12-18(33(29,30)31)2-4-20(16)25;;/h1-4,11-12,21,24-25H,5-10,13-14H2,(H,26,27,28)(H,29,30,31);;/q;2*+1/p-2. The molecule has 0 amide bonds. The van der Waals surface area contributed by atoms with Crippen molar-refractivity contribution in [3.63, 3.8) is 0 Å². The molecule has 1 fully saturated rings. The van der Waals surface area contributed by atoms with Crippen LogP contribution in [0, 0.1) is 0 Å². The van der Waals surface area contributed by atoms with Gasteiger partial charge in [-0.2, -0.15) is 0 Å². The van der Waals surface area contributed by atoms with Crippen LogP contribution >= 0.6 is 0 Å². The van der Waals surface area contributed by atoms with E-state index in [1.807, 2.05) is 9.80 Å². The Morgan fingerprint density at radius 2 is 1.09 bits per heavy atom. The van der Waals surface area contributed by atoms with Crippen LogP contribution < -0.4 is 64.4 Å². The Bertz CT molecular complexity index is 1120. The van der Waals surface area contributed by atoms with Crippen LogP contribution in [0.2, 0.25) is 0 Å². The van der Waals surface area contributed by atoms with Crippen molar-refractivity contribution in [3.05, 3.63) is 47.5 Å². The second-order valence-corrected chi connectivity index (χ2v) is 10.6. The molecule has 15 heteroatoms. The Balaban J connectivity index is 0.00000306. The van der Waals surface area contributed by atoms with Gasteiger partial charge in [0.15, 0.2) is 0 Å². The first-order valence-electron chi connectivity index (χ1n) is 10.1. The van der Waals surface area contributed by atoms with Crippen molar-refractivity contribution < 1.29 is 95.3 Å². The number of nitrogens with zero attached hydrogens (tertiary/aromatic N) is 2. The quantitative estimate of drug-likeness (QED) is 0.233. The Hall–Kier alpha value is -0.260. The van der Waals surface area contributed by atoms with Crippen LogP contribution in [-0.4, -0.2) is 85.2 Å². The molecule has 0 spiro atoms. The minimum atomic E-state index is -4.65. The number of hydrogen-bond acceptors (Lipinski definition) is 11. The SMILES string of the molecule is O=S(=O)([O-])c1ccc(O)c(CN2CCNCCN(Cc3cc(S(=O)(=O)[O-])ccc3O)CC2)c1.[Na+].[Na+]. The van der Waals surface area contributed by atoms with E-state index in [2.05, 4.69) is 5.32 Å². The number of phenolic OH excluding ortho intramolecular Hbond substituents is 2. The second-order valence-electron chi connectivity index (χ2n) is 7.79. The van der Waals surface area contributed by atoms with E-state index in [4.69, 9.17) is 0 Å². The van der Waals surface area contributed by atoms with Crippen LogP contribution in [0.3, 0.4) is 0 Å². The maximum absolute atomic E-state index is 11.3. The summed E-state index contributed by atoms with van der Waals surface area (Å²) in [5.41, 5.74) is 0.618. The number of rotatable bonds is 6. The number of aromatic hydroxyl groups is 2. The maximum Gasteiger partial charge on any atom is 1.00 e. The van der Waals surface area contributed by atoms with Crippen molar-refractivity contribution in [1.82, 2.24) is 15.1 Å². The predicted octanol–water partition coefficient (Wildman–Crippen LogP) is -6.18. The minimum Gasteiger partial charge on any atom is -0.744 e. The second kappa shape index (κ2) is 14.0. The van der Waals surface area contributed by atoms with Gasteiger partial charge < -0.3 is 24.6 Å². The van der Waals surface area contributed by atoms with Crippen molar-refractivity contribution in [3.8, 4) is 11.5 Å². The third-order valence-electron chi connectivity index (χ3n) is 5.41. The molecule has 3 N–H and O–H groups in total. The molecular formula is C20H25N3Na2O8S2. The molecule has 1 saturated heterocycles. The summed E-state index contributed by atoms with van der Waals surface area (Å²) in [5, 5.41) is 23.5. The van der Waals surface area contributed by atoms with Crippen molar-refractivity contribution in [2.45, 2.75) is 22.9 Å². The van der Waals surface area contributed by atoms with Crippen LogP contribution in [0.4, 0.5) is 0 Å². The maximum atomic E-state index is 11.3. The van der Waals surface area contributed by atoms with Crippen molar-refractivity contribution in [2.75, 3.05) is 39.3 Å². The van der Waals surface area contributed by atoms with Gasteiger partial charge in [-0.25, -0.2) is 16.8 Å². The molecule has 2 aromatic rings. The van der Waals surface area contributed by atoms with Gasteiger partial charge in [-0.15, -0.1) is 0 Å². The van der Waals surface area contributed by atoms with E-state index in [0.29, 0.717) is 50.4 Å². The van der Waals surface area contributed by atoms with E-state index in [9.17, 15) is 36.2 Å². The molecule has 2 aromatic carbocycles. The van der Waals surface area contributed by atoms with Crippen LogP contribution in [0.5, 0.6) is 11.5 Å². The molecule has 1 aliphatic rings. The first-order valence-corrected chi connectivity index (χ1v) is 13.0. The Labute approximate surface area is 249 Å². The summed E-state index contributed by atoms with van der Waals surface area (Å²) in [6.07, 6.45) is 0. The van der Waals surface area contributed by atoms with Crippen LogP contribution in [0.1, 0.15) is 11.1 Å². The summed E-state index contributed by atoms with van der Waals surface area (Å²) in [5.74, 6) is -0.236. The van der Waals surface area contributed by atoms with Crippen molar-refractivity contribution >= 4 is 20.2 Å². The van der Waals surface area contributed by atoms with Gasteiger partial charge in [0.1, 0.15) is 31.7 Å². The largest absolute Gasteiger partial charge is 1.00 e. The minimum absolute atomic E-state index is 0. The number of hydrogen-bond donors (Lipinski definition) is 3. The molecule has 0 unspecified atom stereocenters. The van der Waals surface area contributed by atoms with Gasteiger partial charge in [0, 0.05) is 63.5 Å². The molecule has 1 heterocycles. The fourth-order valence-corrected chi connectivity index (χ4v) is 4.63. The molecule has 1 aliphatic heterocycles. The normalized spacial score (nSPS) is 16.3. The van der Waals surface area contributed by atoms with Crippen LogP contribution in [0.25, 0.3) is 0 Å². The summed E-state index contributed by atoms with van der Waals surface area (Å²) in [6.45, 7) is 3.88. The molecule has 0 atom stereocenters. The van der Waals surface area contributed by atoms with E-state index < -0.39 is 30.0 Å². The van der Waals surface area contributed by atoms with Gasteiger partial charge in [0.05, 0.1) is 9.79 Å². The molecule has 35 heavy (non-hydrogen) atoms. The van der Waals surface area contributed by atoms with Crippen LogP contribution in [-0.2, 0) is 33.3 Å².